The van der Waals surface area contributed by atoms with Crippen molar-refractivity contribution in [2.24, 2.45) is 5.84 Å². The Labute approximate surface area is 72.8 Å². The molecule has 0 aliphatic heterocycles. The van der Waals surface area contributed by atoms with E-state index in [9.17, 15) is 4.79 Å². The molecular weight excluding hydrogens is 152 g/mol. The lowest BCUT2D eigenvalue weighted by atomic mass is 10.3. The largest absolute Gasteiger partial charge is 0.273 e. The van der Waals surface area contributed by atoms with Gasteiger partial charge in [-0.25, -0.2) is 5.84 Å². The van der Waals surface area contributed by atoms with Crippen LogP contribution in [0.3, 0.4) is 0 Å². The summed E-state index contributed by atoms with van der Waals surface area (Å²) in [5.41, 5.74) is 0. The Kier molecular flexibility index (Phi) is 5.65. The van der Waals surface area contributed by atoms with Crippen LogP contribution in [0.5, 0.6) is 0 Å². The molecule has 0 saturated carbocycles. The number of hydrazine groups is 1. The van der Waals surface area contributed by atoms with E-state index in [0.29, 0.717) is 6.54 Å². The Bertz CT molecular complexity index is 197. The predicted molar refractivity (Wildman–Crippen MR) is 50.1 cm³/mol. The zero-order valence-corrected chi connectivity index (χ0v) is 7.07. The van der Waals surface area contributed by atoms with Crippen LogP contribution in [0.1, 0.15) is 6.42 Å². The summed E-state index contributed by atoms with van der Waals surface area (Å²) in [7, 11) is 0. The molecule has 0 heterocycles. The Morgan fingerprint density at radius 1 is 1.42 bits per heavy atom. The molecule has 12 heavy (non-hydrogen) atoms. The van der Waals surface area contributed by atoms with Crippen molar-refractivity contribution < 1.29 is 4.79 Å². The molecule has 0 saturated heterocycles. The van der Waals surface area contributed by atoms with Gasteiger partial charge in [0.15, 0.2) is 0 Å². The second kappa shape index (κ2) is 6.37. The number of amides is 1. The second-order valence-corrected chi connectivity index (χ2v) is 2.19. The monoisotopic (exact) mass is 166 g/mol. The van der Waals surface area contributed by atoms with Gasteiger partial charge in [-0.2, -0.15) is 0 Å². The second-order valence-electron chi connectivity index (χ2n) is 2.19. The average Bonchev–Trinajstić information content (AvgIpc) is 2.10. The van der Waals surface area contributed by atoms with Gasteiger partial charge < -0.3 is 0 Å². The van der Waals surface area contributed by atoms with Gasteiger partial charge in [-0.3, -0.25) is 9.80 Å². The van der Waals surface area contributed by atoms with Gasteiger partial charge in [0.1, 0.15) is 0 Å². The minimum absolute atomic E-state index is 0.279. The van der Waals surface area contributed by atoms with Gasteiger partial charge >= 0.3 is 0 Å². The number of carbonyl (C=O) groups excluding carboxylic acids is 1. The zero-order valence-electron chi connectivity index (χ0n) is 7.07. The third-order valence-electron chi connectivity index (χ3n) is 1.23. The van der Waals surface area contributed by atoms with E-state index in [1.54, 1.807) is 6.08 Å². The normalized spacial score (nSPS) is 9.75. The van der Waals surface area contributed by atoms with Crippen LogP contribution in [0, 0.1) is 0 Å². The highest BCUT2D eigenvalue weighted by atomic mass is 16.2. The summed E-state index contributed by atoms with van der Waals surface area (Å²) in [6.07, 6.45) is 7.44. The molecule has 3 heteroatoms. The van der Waals surface area contributed by atoms with Crippen molar-refractivity contribution in [2.75, 3.05) is 6.54 Å². The molecule has 0 radical (unpaired) electrons. The predicted octanol–water partition coefficient (Wildman–Crippen LogP) is 1.01. The van der Waals surface area contributed by atoms with Gasteiger partial charge in [0.25, 0.3) is 5.91 Å². The first kappa shape index (κ1) is 10.7. The van der Waals surface area contributed by atoms with Gasteiger partial charge in [0, 0.05) is 0 Å². The first-order valence-electron chi connectivity index (χ1n) is 3.67. The van der Waals surface area contributed by atoms with Gasteiger partial charge in [-0.15, -0.1) is 6.58 Å². The topological polar surface area (TPSA) is 46.3 Å². The first-order chi connectivity index (χ1) is 5.72. The molecule has 0 spiro atoms. The van der Waals surface area contributed by atoms with Gasteiger partial charge in [-0.1, -0.05) is 24.8 Å². The minimum atomic E-state index is -0.279. The molecule has 0 aromatic carbocycles. The molecule has 0 fully saturated rings. The number of rotatable bonds is 5. The van der Waals surface area contributed by atoms with Crippen molar-refractivity contribution in [3.05, 3.63) is 37.5 Å². The van der Waals surface area contributed by atoms with Crippen LogP contribution in [-0.4, -0.2) is 17.5 Å². The standard InChI is InChI=1S/C9H14N2O/c1-3-5-6-7-8-11(10)9(12)4-2/h3-4,6-7H,1-2,5,8,10H2. The summed E-state index contributed by atoms with van der Waals surface area (Å²) in [5, 5.41) is 1.09. The van der Waals surface area contributed by atoms with Crippen LogP contribution < -0.4 is 5.84 Å². The molecule has 0 aromatic heterocycles. The SMILES string of the molecule is C=CCC=CCN(N)C(=O)C=C. The fraction of sp³-hybridized carbons (Fsp3) is 0.222. The molecule has 0 aliphatic rings. The van der Waals surface area contributed by atoms with E-state index in [4.69, 9.17) is 5.84 Å². The van der Waals surface area contributed by atoms with Crippen LogP contribution in [0.4, 0.5) is 0 Å². The first-order valence-corrected chi connectivity index (χ1v) is 3.67. The highest BCUT2D eigenvalue weighted by molar-refractivity contribution is 5.86. The fourth-order valence-electron chi connectivity index (χ4n) is 0.588. The van der Waals surface area contributed by atoms with Crippen molar-refractivity contribution in [1.29, 1.82) is 0 Å². The van der Waals surface area contributed by atoms with Gasteiger partial charge in [0.05, 0.1) is 6.54 Å². The number of carbonyl (C=O) groups is 1. The van der Waals surface area contributed by atoms with E-state index in [-0.39, 0.29) is 5.91 Å². The number of hydrogen-bond acceptors (Lipinski definition) is 2. The van der Waals surface area contributed by atoms with Crippen LogP contribution >= 0.6 is 0 Å². The summed E-state index contributed by atoms with van der Waals surface area (Å²) in [6, 6.07) is 0. The highest BCUT2D eigenvalue weighted by Crippen LogP contribution is 1.86. The quantitative estimate of drug-likeness (QED) is 0.218. The Balaban J connectivity index is 3.69. The summed E-state index contributed by atoms with van der Waals surface area (Å²) < 4.78 is 0. The Morgan fingerprint density at radius 3 is 2.58 bits per heavy atom. The third kappa shape index (κ3) is 4.46. The van der Waals surface area contributed by atoms with Crippen LogP contribution in [0.15, 0.2) is 37.5 Å². The van der Waals surface area contributed by atoms with E-state index in [0.717, 1.165) is 11.4 Å². The van der Waals surface area contributed by atoms with Crippen molar-refractivity contribution in [3.8, 4) is 0 Å². The molecule has 0 bridgehead atoms. The van der Waals surface area contributed by atoms with Crippen molar-refractivity contribution in [3.63, 3.8) is 0 Å². The van der Waals surface area contributed by atoms with Crippen molar-refractivity contribution in [2.45, 2.75) is 6.42 Å². The lowest BCUT2D eigenvalue weighted by Crippen LogP contribution is -2.36. The fourth-order valence-corrected chi connectivity index (χ4v) is 0.588. The molecule has 0 aromatic rings. The van der Waals surface area contributed by atoms with E-state index >= 15 is 0 Å². The molecular formula is C9H14N2O. The Morgan fingerprint density at radius 2 is 2.08 bits per heavy atom. The molecule has 0 rings (SSSR count). The number of allylic oxidation sites excluding steroid dienone is 2. The van der Waals surface area contributed by atoms with E-state index < -0.39 is 0 Å². The van der Waals surface area contributed by atoms with Gasteiger partial charge in [0.2, 0.25) is 0 Å². The highest BCUT2D eigenvalue weighted by Gasteiger charge is 1.99. The summed E-state index contributed by atoms with van der Waals surface area (Å²) in [5.74, 6) is 5.07. The van der Waals surface area contributed by atoms with Crippen molar-refractivity contribution in [1.82, 2.24) is 5.01 Å². The summed E-state index contributed by atoms with van der Waals surface area (Å²) >= 11 is 0. The zero-order chi connectivity index (χ0) is 9.40. The van der Waals surface area contributed by atoms with Crippen molar-refractivity contribution >= 4 is 5.91 Å². The average molecular weight is 166 g/mol. The molecule has 0 aliphatic carbocycles. The molecule has 3 nitrogen and oxygen atoms in total. The van der Waals surface area contributed by atoms with E-state index in [2.05, 4.69) is 13.2 Å². The van der Waals surface area contributed by atoms with Crippen LogP contribution in [0.2, 0.25) is 0 Å². The Hall–Kier alpha value is -1.35. The van der Waals surface area contributed by atoms with E-state index in [1.807, 2.05) is 12.2 Å². The third-order valence-corrected chi connectivity index (χ3v) is 1.23. The number of hydrogen-bond donors (Lipinski definition) is 1. The number of nitrogens with zero attached hydrogens (tertiary/aromatic N) is 1. The molecule has 0 atom stereocenters. The maximum Gasteiger partial charge on any atom is 0.260 e. The lowest BCUT2D eigenvalue weighted by molar-refractivity contribution is -0.125. The van der Waals surface area contributed by atoms with Crippen LogP contribution in [-0.2, 0) is 4.79 Å². The molecule has 0 unspecified atom stereocenters. The van der Waals surface area contributed by atoms with E-state index in [1.165, 1.54) is 6.08 Å². The molecule has 66 valence electrons. The van der Waals surface area contributed by atoms with Gasteiger partial charge in [-0.05, 0) is 12.5 Å². The maximum absolute atomic E-state index is 10.8. The smallest absolute Gasteiger partial charge is 0.260 e. The maximum atomic E-state index is 10.8. The van der Waals surface area contributed by atoms with Crippen LogP contribution in [0.25, 0.3) is 0 Å². The summed E-state index contributed by atoms with van der Waals surface area (Å²) in [4.78, 5) is 10.8. The molecule has 1 amide bonds. The minimum Gasteiger partial charge on any atom is -0.273 e. The molecule has 2 N–H and O–H groups in total. The lowest BCUT2D eigenvalue weighted by Gasteiger charge is -2.10. The number of nitrogens with two attached hydrogens (primary N) is 1. The summed E-state index contributed by atoms with van der Waals surface area (Å²) in [6.45, 7) is 7.27.